The molecule has 0 aromatic rings. The minimum Gasteiger partial charge on any atom is -0.459 e. The molecule has 1 rings (SSSR count). The van der Waals surface area contributed by atoms with Crippen LogP contribution in [-0.2, 0) is 9.53 Å². The summed E-state index contributed by atoms with van der Waals surface area (Å²) in [5.41, 5.74) is -0.389. The number of rotatable bonds is 4. The van der Waals surface area contributed by atoms with Crippen LogP contribution in [-0.4, -0.2) is 53.7 Å². The summed E-state index contributed by atoms with van der Waals surface area (Å²) >= 11 is 6.49. The molecule has 1 N–H and O–H groups in total. The van der Waals surface area contributed by atoms with Crippen molar-refractivity contribution >= 4 is 34.3 Å². The zero-order valence-corrected chi connectivity index (χ0v) is 13.8. The number of carbonyl (C=O) groups excluding carboxylic acids is 1. The van der Waals surface area contributed by atoms with E-state index >= 15 is 0 Å². The molecule has 0 radical (unpaired) electrons. The third-order valence-electron chi connectivity index (χ3n) is 3.38. The van der Waals surface area contributed by atoms with Gasteiger partial charge in [0.15, 0.2) is 0 Å². The highest BCUT2D eigenvalue weighted by atomic mass is 32.2. The second-order valence-electron chi connectivity index (χ2n) is 5.55. The number of ether oxygens (including phenoxy) is 1. The molecule has 0 bridgehead atoms. The summed E-state index contributed by atoms with van der Waals surface area (Å²) < 4.78 is 6.35. The molecule has 110 valence electrons. The largest absolute Gasteiger partial charge is 0.459 e. The van der Waals surface area contributed by atoms with E-state index in [1.54, 1.807) is 0 Å². The summed E-state index contributed by atoms with van der Waals surface area (Å²) in [6.45, 7) is 6.03. The molecule has 1 aliphatic rings. The van der Waals surface area contributed by atoms with Crippen molar-refractivity contribution in [3.63, 3.8) is 0 Å². The lowest BCUT2D eigenvalue weighted by Crippen LogP contribution is -2.43. The maximum Gasteiger partial charge on any atom is 0.316 e. The number of piperidine rings is 1. The highest BCUT2D eigenvalue weighted by molar-refractivity contribution is 8.23. The van der Waals surface area contributed by atoms with Crippen LogP contribution in [0, 0.1) is 5.92 Å². The number of thiocarbonyl (C=S) groups is 1. The maximum atomic E-state index is 11.9. The minimum atomic E-state index is -0.389. The Labute approximate surface area is 125 Å². The lowest BCUT2D eigenvalue weighted by Gasteiger charge is -2.36. The van der Waals surface area contributed by atoms with Crippen molar-refractivity contribution in [3.05, 3.63) is 0 Å². The van der Waals surface area contributed by atoms with Crippen LogP contribution in [0.15, 0.2) is 0 Å². The molecule has 6 heteroatoms. The zero-order chi connectivity index (χ0) is 14.5. The predicted octanol–water partition coefficient (Wildman–Crippen LogP) is 1.89. The summed E-state index contributed by atoms with van der Waals surface area (Å²) in [7, 11) is 3.75. The SMILES string of the molecule is CN(C)C(=S)SCC(=O)OC(C)(C)C1CCNCC1. The first kappa shape index (κ1) is 16.7. The van der Waals surface area contributed by atoms with Gasteiger partial charge in [0.2, 0.25) is 0 Å². The van der Waals surface area contributed by atoms with Gasteiger partial charge in [-0.3, -0.25) is 4.79 Å². The van der Waals surface area contributed by atoms with Gasteiger partial charge in [0, 0.05) is 20.0 Å². The summed E-state index contributed by atoms with van der Waals surface area (Å²) in [4.78, 5) is 13.7. The summed E-state index contributed by atoms with van der Waals surface area (Å²) in [6, 6.07) is 0. The van der Waals surface area contributed by atoms with Crippen LogP contribution >= 0.6 is 24.0 Å². The second kappa shape index (κ2) is 7.45. The molecule has 0 saturated carbocycles. The van der Waals surface area contributed by atoms with Crippen molar-refractivity contribution in [2.24, 2.45) is 5.92 Å². The Balaban J connectivity index is 2.39. The van der Waals surface area contributed by atoms with Crippen LogP contribution in [0.1, 0.15) is 26.7 Å². The van der Waals surface area contributed by atoms with Gasteiger partial charge < -0.3 is 15.0 Å². The van der Waals surface area contributed by atoms with Gasteiger partial charge >= 0.3 is 5.97 Å². The summed E-state index contributed by atoms with van der Waals surface area (Å²) in [5.74, 6) is 0.534. The van der Waals surface area contributed by atoms with E-state index in [9.17, 15) is 4.79 Å². The van der Waals surface area contributed by atoms with E-state index in [1.165, 1.54) is 11.8 Å². The average molecular weight is 304 g/mol. The Kier molecular flexibility index (Phi) is 6.56. The molecule has 19 heavy (non-hydrogen) atoms. The van der Waals surface area contributed by atoms with Crippen molar-refractivity contribution in [1.82, 2.24) is 10.2 Å². The number of esters is 1. The van der Waals surface area contributed by atoms with E-state index in [0.29, 0.717) is 10.2 Å². The van der Waals surface area contributed by atoms with Gasteiger partial charge in [-0.05, 0) is 39.8 Å². The van der Waals surface area contributed by atoms with Crippen molar-refractivity contribution in [2.45, 2.75) is 32.3 Å². The zero-order valence-electron chi connectivity index (χ0n) is 12.2. The number of nitrogens with one attached hydrogen (secondary N) is 1. The van der Waals surface area contributed by atoms with E-state index in [-0.39, 0.29) is 17.3 Å². The van der Waals surface area contributed by atoms with Gasteiger partial charge in [0.05, 0.1) is 5.75 Å². The van der Waals surface area contributed by atoms with Crippen LogP contribution in [0.2, 0.25) is 0 Å². The van der Waals surface area contributed by atoms with Gasteiger partial charge in [-0.15, -0.1) is 0 Å². The number of hydrogen-bond acceptors (Lipinski definition) is 5. The van der Waals surface area contributed by atoms with Crippen molar-refractivity contribution in [2.75, 3.05) is 32.9 Å². The molecule has 0 atom stereocenters. The Morgan fingerprint density at radius 1 is 1.42 bits per heavy atom. The Morgan fingerprint density at radius 2 is 2.00 bits per heavy atom. The summed E-state index contributed by atoms with van der Waals surface area (Å²) in [6.07, 6.45) is 2.12. The fourth-order valence-corrected chi connectivity index (χ4v) is 2.91. The van der Waals surface area contributed by atoms with E-state index in [2.05, 4.69) is 5.32 Å². The van der Waals surface area contributed by atoms with E-state index < -0.39 is 0 Å². The molecule has 4 nitrogen and oxygen atoms in total. The van der Waals surface area contributed by atoms with Crippen molar-refractivity contribution in [3.8, 4) is 0 Å². The lowest BCUT2D eigenvalue weighted by atomic mass is 9.83. The fraction of sp³-hybridized carbons (Fsp3) is 0.846. The maximum absolute atomic E-state index is 11.9. The quantitative estimate of drug-likeness (QED) is 0.632. The van der Waals surface area contributed by atoms with Crippen molar-refractivity contribution in [1.29, 1.82) is 0 Å². The first-order valence-corrected chi connectivity index (χ1v) is 7.99. The molecule has 1 heterocycles. The van der Waals surface area contributed by atoms with Crippen LogP contribution in [0.25, 0.3) is 0 Å². The number of carbonyl (C=O) groups is 1. The molecule has 0 aliphatic carbocycles. The third kappa shape index (κ3) is 5.67. The number of nitrogens with zero attached hydrogens (tertiary/aromatic N) is 1. The van der Waals surface area contributed by atoms with Gasteiger partial charge in [-0.25, -0.2) is 0 Å². The van der Waals surface area contributed by atoms with Crippen LogP contribution in [0.4, 0.5) is 0 Å². The van der Waals surface area contributed by atoms with E-state index in [0.717, 1.165) is 25.9 Å². The molecule has 0 aromatic carbocycles. The van der Waals surface area contributed by atoms with Gasteiger partial charge in [-0.2, -0.15) is 0 Å². The third-order valence-corrected chi connectivity index (χ3v) is 5.09. The minimum absolute atomic E-state index is 0.183. The normalized spacial score (nSPS) is 17.1. The van der Waals surface area contributed by atoms with Gasteiger partial charge in [0.1, 0.15) is 9.92 Å². The molecule has 0 amide bonds. The van der Waals surface area contributed by atoms with Gasteiger partial charge in [-0.1, -0.05) is 24.0 Å². The Bertz CT molecular complexity index is 327. The number of thioether (sulfide) groups is 1. The Morgan fingerprint density at radius 3 is 2.53 bits per heavy atom. The monoisotopic (exact) mass is 304 g/mol. The molecular weight excluding hydrogens is 280 g/mol. The Hall–Kier alpha value is -0.330. The molecule has 1 saturated heterocycles. The van der Waals surface area contributed by atoms with Crippen LogP contribution in [0.5, 0.6) is 0 Å². The standard InChI is InChI=1S/C13H24N2O2S2/c1-13(2,10-5-7-14-8-6-10)17-11(16)9-19-12(18)15(3)4/h10,14H,5-9H2,1-4H3. The van der Waals surface area contributed by atoms with Crippen LogP contribution in [0.3, 0.4) is 0 Å². The lowest BCUT2D eigenvalue weighted by molar-refractivity contribution is -0.159. The summed E-state index contributed by atoms with van der Waals surface area (Å²) in [5, 5.41) is 3.33. The average Bonchev–Trinajstić information content (AvgIpc) is 2.36. The highest BCUT2D eigenvalue weighted by Gasteiger charge is 2.34. The fourth-order valence-electron chi connectivity index (χ4n) is 2.17. The smallest absolute Gasteiger partial charge is 0.316 e. The number of hydrogen-bond donors (Lipinski definition) is 1. The van der Waals surface area contributed by atoms with E-state index in [4.69, 9.17) is 17.0 Å². The molecule has 0 aromatic heterocycles. The van der Waals surface area contributed by atoms with Crippen molar-refractivity contribution < 1.29 is 9.53 Å². The first-order chi connectivity index (χ1) is 8.83. The molecule has 0 spiro atoms. The second-order valence-corrected chi connectivity index (χ2v) is 7.16. The van der Waals surface area contributed by atoms with Crippen LogP contribution < -0.4 is 5.32 Å². The molecule has 0 unspecified atom stereocenters. The first-order valence-electron chi connectivity index (χ1n) is 6.59. The molecule has 1 fully saturated rings. The van der Waals surface area contributed by atoms with E-state index in [1.807, 2.05) is 32.8 Å². The topological polar surface area (TPSA) is 41.6 Å². The van der Waals surface area contributed by atoms with Gasteiger partial charge in [0.25, 0.3) is 0 Å². The molecule has 1 aliphatic heterocycles. The molecular formula is C13H24N2O2S2. The predicted molar refractivity (Wildman–Crippen MR) is 84.5 cm³/mol. The highest BCUT2D eigenvalue weighted by Crippen LogP contribution is 2.29.